The number of carbonyl (C=O) groups excluding carboxylic acids is 3. The Morgan fingerprint density at radius 2 is 2.17 bits per heavy atom. The summed E-state index contributed by atoms with van der Waals surface area (Å²) in [4.78, 5) is 38.8. The number of likely N-dealkylation sites (tertiary alicyclic amines) is 1. The van der Waals surface area contributed by atoms with Crippen LogP contribution in [-0.4, -0.2) is 60.8 Å². The van der Waals surface area contributed by atoms with E-state index >= 15 is 0 Å². The summed E-state index contributed by atoms with van der Waals surface area (Å²) in [6, 6.07) is 6.45. The average molecular weight is 319 g/mol. The van der Waals surface area contributed by atoms with Crippen LogP contribution < -0.4 is 10.1 Å². The minimum Gasteiger partial charge on any atom is -0.497 e. The number of imide groups is 1. The predicted octanol–water partition coefficient (Wildman–Crippen LogP) is 0.713. The van der Waals surface area contributed by atoms with E-state index in [1.807, 2.05) is 0 Å². The summed E-state index contributed by atoms with van der Waals surface area (Å²) >= 11 is 0. The second-order valence-corrected chi connectivity index (χ2v) is 5.39. The lowest BCUT2D eigenvalue weighted by atomic mass is 10.2. The first-order valence-corrected chi connectivity index (χ1v) is 7.44. The topological polar surface area (TPSA) is 79.0 Å². The van der Waals surface area contributed by atoms with Crippen LogP contribution in [0.4, 0.5) is 5.69 Å². The average Bonchev–Trinajstić information content (AvgIpc) is 2.81. The van der Waals surface area contributed by atoms with Crippen molar-refractivity contribution < 1.29 is 19.1 Å². The van der Waals surface area contributed by atoms with Crippen LogP contribution in [0.25, 0.3) is 0 Å². The molecule has 0 spiro atoms. The SMILES string of the molecule is CCN1C(=O)C[C@H](N(C)CC(=O)Nc2cccc(OC)c2)C1=O. The van der Waals surface area contributed by atoms with E-state index < -0.39 is 6.04 Å². The Kier molecular flexibility index (Phi) is 5.33. The third-order valence-electron chi connectivity index (χ3n) is 3.81. The molecule has 0 bridgehead atoms. The molecule has 1 heterocycles. The monoisotopic (exact) mass is 319 g/mol. The number of hydrogen-bond donors (Lipinski definition) is 1. The molecule has 0 unspecified atom stereocenters. The molecule has 1 aromatic rings. The van der Waals surface area contributed by atoms with Crippen LogP contribution in [0.5, 0.6) is 5.75 Å². The number of nitrogens with zero attached hydrogens (tertiary/aromatic N) is 2. The van der Waals surface area contributed by atoms with E-state index in [1.165, 1.54) is 4.90 Å². The summed E-state index contributed by atoms with van der Waals surface area (Å²) < 4.78 is 5.10. The van der Waals surface area contributed by atoms with E-state index in [-0.39, 0.29) is 30.7 Å². The largest absolute Gasteiger partial charge is 0.497 e. The van der Waals surface area contributed by atoms with Gasteiger partial charge in [0.15, 0.2) is 0 Å². The molecule has 1 N–H and O–H groups in total. The van der Waals surface area contributed by atoms with E-state index in [0.29, 0.717) is 18.0 Å². The summed E-state index contributed by atoms with van der Waals surface area (Å²) in [6.45, 7) is 2.14. The summed E-state index contributed by atoms with van der Waals surface area (Å²) in [5, 5.41) is 2.75. The summed E-state index contributed by atoms with van der Waals surface area (Å²) in [6.07, 6.45) is 0.121. The number of likely N-dealkylation sites (N-methyl/N-ethyl adjacent to an activating group) is 2. The van der Waals surface area contributed by atoms with Gasteiger partial charge in [0.25, 0.3) is 0 Å². The molecule has 1 saturated heterocycles. The van der Waals surface area contributed by atoms with Gasteiger partial charge in [-0.1, -0.05) is 6.07 Å². The molecule has 1 aromatic carbocycles. The Bertz CT molecular complexity index is 617. The van der Waals surface area contributed by atoms with Gasteiger partial charge in [0.2, 0.25) is 17.7 Å². The fraction of sp³-hybridized carbons (Fsp3) is 0.438. The number of hydrogen-bond acceptors (Lipinski definition) is 5. The number of benzene rings is 1. The summed E-state index contributed by atoms with van der Waals surface area (Å²) in [5.41, 5.74) is 0.617. The molecule has 1 aliphatic heterocycles. The molecule has 0 aromatic heterocycles. The van der Waals surface area contributed by atoms with Gasteiger partial charge >= 0.3 is 0 Å². The molecule has 124 valence electrons. The van der Waals surface area contributed by atoms with Crippen LogP contribution in [0.3, 0.4) is 0 Å². The molecule has 0 radical (unpaired) electrons. The Labute approximate surface area is 135 Å². The predicted molar refractivity (Wildman–Crippen MR) is 85.1 cm³/mol. The molecule has 1 fully saturated rings. The number of ether oxygens (including phenoxy) is 1. The molecule has 1 aliphatic rings. The molecule has 7 nitrogen and oxygen atoms in total. The highest BCUT2D eigenvalue weighted by Crippen LogP contribution is 2.19. The maximum absolute atomic E-state index is 12.1. The van der Waals surface area contributed by atoms with Crippen LogP contribution >= 0.6 is 0 Å². The van der Waals surface area contributed by atoms with E-state index in [0.717, 1.165) is 0 Å². The normalized spacial score (nSPS) is 17.7. The molecule has 0 saturated carbocycles. The van der Waals surface area contributed by atoms with Crippen molar-refractivity contribution in [2.45, 2.75) is 19.4 Å². The van der Waals surface area contributed by atoms with E-state index in [2.05, 4.69) is 5.32 Å². The van der Waals surface area contributed by atoms with Crippen molar-refractivity contribution in [3.63, 3.8) is 0 Å². The lowest BCUT2D eigenvalue weighted by Gasteiger charge is -2.22. The highest BCUT2D eigenvalue weighted by molar-refractivity contribution is 6.05. The number of carbonyl (C=O) groups is 3. The van der Waals surface area contributed by atoms with Gasteiger partial charge in [0, 0.05) is 18.3 Å². The number of rotatable bonds is 6. The van der Waals surface area contributed by atoms with Crippen LogP contribution in [0, 0.1) is 0 Å². The molecule has 3 amide bonds. The Morgan fingerprint density at radius 3 is 2.78 bits per heavy atom. The highest BCUT2D eigenvalue weighted by atomic mass is 16.5. The highest BCUT2D eigenvalue weighted by Gasteiger charge is 2.40. The van der Waals surface area contributed by atoms with Gasteiger partial charge in [-0.2, -0.15) is 0 Å². The molecule has 1 atom stereocenters. The second kappa shape index (κ2) is 7.23. The first-order chi connectivity index (χ1) is 11.0. The van der Waals surface area contributed by atoms with E-state index in [9.17, 15) is 14.4 Å². The minimum atomic E-state index is -0.571. The maximum atomic E-state index is 12.1. The zero-order valence-corrected chi connectivity index (χ0v) is 13.5. The number of nitrogens with one attached hydrogen (secondary N) is 1. The minimum absolute atomic E-state index is 0.0262. The van der Waals surface area contributed by atoms with Crippen LogP contribution in [0.15, 0.2) is 24.3 Å². The molecule has 23 heavy (non-hydrogen) atoms. The lowest BCUT2D eigenvalue weighted by Crippen LogP contribution is -2.43. The van der Waals surface area contributed by atoms with Gasteiger partial charge in [-0.3, -0.25) is 24.2 Å². The second-order valence-electron chi connectivity index (χ2n) is 5.39. The van der Waals surface area contributed by atoms with Crippen LogP contribution in [0.1, 0.15) is 13.3 Å². The van der Waals surface area contributed by atoms with Crippen LogP contribution in [0.2, 0.25) is 0 Å². The standard InChI is InChI=1S/C16H21N3O4/c1-4-19-15(21)9-13(16(19)22)18(2)10-14(20)17-11-6-5-7-12(8-11)23-3/h5-8,13H,4,9-10H2,1-3H3,(H,17,20)/t13-/m0/s1. The molecule has 0 aliphatic carbocycles. The van der Waals surface area contributed by atoms with Crippen molar-refractivity contribution in [2.24, 2.45) is 0 Å². The van der Waals surface area contributed by atoms with Crippen molar-refractivity contribution >= 4 is 23.4 Å². The van der Waals surface area contributed by atoms with Gasteiger partial charge < -0.3 is 10.1 Å². The maximum Gasteiger partial charge on any atom is 0.247 e. The summed E-state index contributed by atoms with van der Waals surface area (Å²) in [5.74, 6) is -0.0426. The van der Waals surface area contributed by atoms with Gasteiger partial charge in [0.1, 0.15) is 5.75 Å². The first kappa shape index (κ1) is 17.0. The third-order valence-corrected chi connectivity index (χ3v) is 3.81. The fourth-order valence-electron chi connectivity index (χ4n) is 2.58. The van der Waals surface area contributed by atoms with Crippen molar-refractivity contribution in [2.75, 3.05) is 32.6 Å². The number of anilines is 1. The zero-order chi connectivity index (χ0) is 17.0. The molecule has 7 heteroatoms. The van der Waals surface area contributed by atoms with Crippen molar-refractivity contribution in [1.82, 2.24) is 9.80 Å². The van der Waals surface area contributed by atoms with Crippen molar-refractivity contribution in [1.29, 1.82) is 0 Å². The number of amides is 3. The van der Waals surface area contributed by atoms with E-state index in [4.69, 9.17) is 4.74 Å². The Hall–Kier alpha value is -2.41. The van der Waals surface area contributed by atoms with Gasteiger partial charge in [-0.05, 0) is 26.1 Å². The molecule has 2 rings (SSSR count). The smallest absolute Gasteiger partial charge is 0.247 e. The Morgan fingerprint density at radius 1 is 1.43 bits per heavy atom. The fourth-order valence-corrected chi connectivity index (χ4v) is 2.58. The van der Waals surface area contributed by atoms with Crippen molar-refractivity contribution in [3.8, 4) is 5.75 Å². The third kappa shape index (κ3) is 3.87. The van der Waals surface area contributed by atoms with Gasteiger partial charge in [-0.15, -0.1) is 0 Å². The quantitative estimate of drug-likeness (QED) is 0.781. The molecular formula is C16H21N3O4. The van der Waals surface area contributed by atoms with Crippen molar-refractivity contribution in [3.05, 3.63) is 24.3 Å². The van der Waals surface area contributed by atoms with Gasteiger partial charge in [-0.25, -0.2) is 0 Å². The number of methoxy groups -OCH3 is 1. The van der Waals surface area contributed by atoms with E-state index in [1.54, 1.807) is 50.2 Å². The lowest BCUT2D eigenvalue weighted by molar-refractivity contribution is -0.139. The van der Waals surface area contributed by atoms with Crippen LogP contribution in [-0.2, 0) is 14.4 Å². The molecular weight excluding hydrogens is 298 g/mol. The zero-order valence-electron chi connectivity index (χ0n) is 13.5. The first-order valence-electron chi connectivity index (χ1n) is 7.44. The van der Waals surface area contributed by atoms with Gasteiger partial charge in [0.05, 0.1) is 26.1 Å². The summed E-state index contributed by atoms with van der Waals surface area (Å²) in [7, 11) is 3.22. The Balaban J connectivity index is 1.94.